The molecule has 0 saturated heterocycles. The number of aromatic nitrogens is 2. The van der Waals surface area contributed by atoms with Gasteiger partial charge in [0.05, 0.1) is 0 Å². The molecule has 0 spiro atoms. The fraction of sp³-hybridized carbons (Fsp3) is 0.667. The maximum atomic E-state index is 5.88. The third-order valence-corrected chi connectivity index (χ3v) is 3.30. The quantitative estimate of drug-likeness (QED) is 0.816. The highest BCUT2D eigenvalue weighted by Gasteiger charge is 2.46. The number of hydrogen-bond acceptors (Lipinski definition) is 4. The van der Waals surface area contributed by atoms with Crippen molar-refractivity contribution in [2.45, 2.75) is 46.1 Å². The summed E-state index contributed by atoms with van der Waals surface area (Å²) in [6.07, 6.45) is 4.72. The Morgan fingerprint density at radius 3 is 2.75 bits per heavy atom. The highest BCUT2D eigenvalue weighted by Crippen LogP contribution is 2.46. The van der Waals surface area contributed by atoms with Gasteiger partial charge in [0.25, 0.3) is 0 Å². The van der Waals surface area contributed by atoms with Crippen LogP contribution in [0, 0.1) is 5.41 Å². The second-order valence-corrected chi connectivity index (χ2v) is 5.23. The molecule has 3 N–H and O–H groups in total. The van der Waals surface area contributed by atoms with Crippen molar-refractivity contribution >= 4 is 11.6 Å². The molecular formula is C12H20N4. The second-order valence-electron chi connectivity index (χ2n) is 5.23. The number of anilines is 2. The van der Waals surface area contributed by atoms with Gasteiger partial charge >= 0.3 is 0 Å². The van der Waals surface area contributed by atoms with Gasteiger partial charge in [-0.15, -0.1) is 0 Å². The maximum Gasteiger partial charge on any atom is 0.134 e. The van der Waals surface area contributed by atoms with Crippen LogP contribution in [0.15, 0.2) is 6.33 Å². The number of rotatable bonds is 4. The summed E-state index contributed by atoms with van der Waals surface area (Å²) in [5.74, 6) is 1.53. The van der Waals surface area contributed by atoms with Crippen molar-refractivity contribution in [3.05, 3.63) is 11.9 Å². The lowest BCUT2D eigenvalue weighted by Gasteiger charge is -2.12. The van der Waals surface area contributed by atoms with E-state index >= 15 is 0 Å². The van der Waals surface area contributed by atoms with Crippen LogP contribution in [-0.2, 0) is 6.42 Å². The highest BCUT2D eigenvalue weighted by molar-refractivity contribution is 5.56. The van der Waals surface area contributed by atoms with Crippen LogP contribution in [0.5, 0.6) is 0 Å². The molecule has 1 fully saturated rings. The molecule has 4 heteroatoms. The molecule has 2 rings (SSSR count). The Labute approximate surface area is 96.7 Å². The third kappa shape index (κ3) is 2.10. The molecule has 4 nitrogen and oxygen atoms in total. The molecule has 0 bridgehead atoms. The van der Waals surface area contributed by atoms with Crippen molar-refractivity contribution < 1.29 is 0 Å². The van der Waals surface area contributed by atoms with E-state index < -0.39 is 0 Å². The molecule has 1 atom stereocenters. The van der Waals surface area contributed by atoms with Crippen LogP contribution in [0.25, 0.3) is 0 Å². The van der Waals surface area contributed by atoms with Gasteiger partial charge < -0.3 is 11.1 Å². The number of nitrogens with one attached hydrogen (secondary N) is 1. The molecule has 1 aromatic rings. The lowest BCUT2D eigenvalue weighted by molar-refractivity contribution is 0.629. The fourth-order valence-corrected chi connectivity index (χ4v) is 1.93. The van der Waals surface area contributed by atoms with E-state index in [0.29, 0.717) is 17.3 Å². The third-order valence-electron chi connectivity index (χ3n) is 3.30. The molecule has 0 amide bonds. The molecular weight excluding hydrogens is 200 g/mol. The highest BCUT2D eigenvalue weighted by atomic mass is 15.1. The van der Waals surface area contributed by atoms with Crippen molar-refractivity contribution in [2.24, 2.45) is 5.41 Å². The average molecular weight is 220 g/mol. The van der Waals surface area contributed by atoms with E-state index in [-0.39, 0.29) is 0 Å². The van der Waals surface area contributed by atoms with Gasteiger partial charge in [0.15, 0.2) is 0 Å². The largest absolute Gasteiger partial charge is 0.383 e. The minimum absolute atomic E-state index is 0.392. The summed E-state index contributed by atoms with van der Waals surface area (Å²) in [5.41, 5.74) is 7.33. The zero-order valence-electron chi connectivity index (χ0n) is 10.2. The lowest BCUT2D eigenvalue weighted by atomic mass is 10.1. The van der Waals surface area contributed by atoms with Crippen LogP contribution in [0.2, 0.25) is 0 Å². The maximum absolute atomic E-state index is 5.88. The van der Waals surface area contributed by atoms with Crippen molar-refractivity contribution in [1.29, 1.82) is 0 Å². The monoisotopic (exact) mass is 220 g/mol. The number of nitrogen functional groups attached to an aromatic ring is 1. The predicted molar refractivity (Wildman–Crippen MR) is 66.2 cm³/mol. The van der Waals surface area contributed by atoms with Crippen molar-refractivity contribution in [3.8, 4) is 0 Å². The molecule has 1 saturated carbocycles. The summed E-state index contributed by atoms with van der Waals surface area (Å²) in [5, 5.41) is 3.47. The molecule has 1 unspecified atom stereocenters. The Hall–Kier alpha value is -1.32. The summed E-state index contributed by atoms with van der Waals surface area (Å²) in [6, 6.07) is 0.525. The number of nitrogens with two attached hydrogens (primary N) is 1. The molecule has 0 aromatic carbocycles. The van der Waals surface area contributed by atoms with Gasteiger partial charge in [0.2, 0.25) is 0 Å². The van der Waals surface area contributed by atoms with Crippen LogP contribution in [0.4, 0.5) is 11.6 Å². The average Bonchev–Trinajstić information content (AvgIpc) is 2.80. The van der Waals surface area contributed by atoms with Gasteiger partial charge in [0, 0.05) is 11.6 Å². The minimum Gasteiger partial charge on any atom is -0.383 e. The molecule has 1 heterocycles. The van der Waals surface area contributed by atoms with E-state index in [1.807, 2.05) is 0 Å². The summed E-state index contributed by atoms with van der Waals surface area (Å²) in [6.45, 7) is 6.65. The van der Waals surface area contributed by atoms with E-state index in [1.54, 1.807) is 0 Å². The Balaban J connectivity index is 2.17. The topological polar surface area (TPSA) is 63.8 Å². The summed E-state index contributed by atoms with van der Waals surface area (Å²) >= 11 is 0. The van der Waals surface area contributed by atoms with Gasteiger partial charge in [-0.25, -0.2) is 9.97 Å². The molecule has 0 aliphatic heterocycles. The van der Waals surface area contributed by atoms with Crippen LogP contribution in [-0.4, -0.2) is 16.0 Å². The predicted octanol–water partition coefficient (Wildman–Crippen LogP) is 2.22. The smallest absolute Gasteiger partial charge is 0.134 e. The van der Waals surface area contributed by atoms with E-state index in [0.717, 1.165) is 24.2 Å². The van der Waals surface area contributed by atoms with Gasteiger partial charge in [-0.3, -0.25) is 0 Å². The standard InChI is InChI=1S/C12H20N4/c1-4-5-8-10(13)14-7-15-11(8)16-9-6-12(9,2)3/h7,9H,4-6H2,1-3H3,(H3,13,14,15,16). The molecule has 88 valence electrons. The number of nitrogens with zero attached hydrogens (tertiary/aromatic N) is 2. The van der Waals surface area contributed by atoms with Crippen LogP contribution in [0.1, 0.15) is 39.2 Å². The van der Waals surface area contributed by atoms with Gasteiger partial charge in [0.1, 0.15) is 18.0 Å². The summed E-state index contributed by atoms with van der Waals surface area (Å²) in [7, 11) is 0. The number of hydrogen-bond donors (Lipinski definition) is 2. The zero-order chi connectivity index (χ0) is 11.8. The van der Waals surface area contributed by atoms with E-state index in [2.05, 4.69) is 36.1 Å². The Kier molecular flexibility index (Phi) is 2.74. The first-order valence-corrected chi connectivity index (χ1v) is 5.90. The van der Waals surface area contributed by atoms with Gasteiger partial charge in [-0.1, -0.05) is 27.2 Å². The molecule has 0 radical (unpaired) electrons. The van der Waals surface area contributed by atoms with E-state index in [9.17, 15) is 0 Å². The first kappa shape index (κ1) is 11.2. The normalized spacial score (nSPS) is 21.8. The van der Waals surface area contributed by atoms with E-state index in [4.69, 9.17) is 5.73 Å². The van der Waals surface area contributed by atoms with Crippen molar-refractivity contribution in [1.82, 2.24) is 9.97 Å². The molecule has 1 aliphatic carbocycles. The minimum atomic E-state index is 0.392. The first-order chi connectivity index (χ1) is 7.54. The lowest BCUT2D eigenvalue weighted by Crippen LogP contribution is -2.13. The summed E-state index contributed by atoms with van der Waals surface area (Å²) < 4.78 is 0. The van der Waals surface area contributed by atoms with Crippen molar-refractivity contribution in [3.63, 3.8) is 0 Å². The van der Waals surface area contributed by atoms with Crippen molar-refractivity contribution in [2.75, 3.05) is 11.1 Å². The Morgan fingerprint density at radius 1 is 1.50 bits per heavy atom. The molecule has 1 aliphatic rings. The zero-order valence-corrected chi connectivity index (χ0v) is 10.2. The molecule has 1 aromatic heterocycles. The van der Waals surface area contributed by atoms with Crippen LogP contribution in [0.3, 0.4) is 0 Å². The van der Waals surface area contributed by atoms with Gasteiger partial charge in [-0.2, -0.15) is 0 Å². The van der Waals surface area contributed by atoms with Crippen LogP contribution >= 0.6 is 0 Å². The van der Waals surface area contributed by atoms with E-state index in [1.165, 1.54) is 12.7 Å². The Bertz CT molecular complexity index is 387. The SMILES string of the molecule is CCCc1c(N)ncnc1NC1CC1(C)C. The molecule has 16 heavy (non-hydrogen) atoms. The first-order valence-electron chi connectivity index (χ1n) is 5.90. The van der Waals surface area contributed by atoms with Crippen LogP contribution < -0.4 is 11.1 Å². The second kappa shape index (κ2) is 3.92. The van der Waals surface area contributed by atoms with Gasteiger partial charge in [-0.05, 0) is 18.3 Å². The summed E-state index contributed by atoms with van der Waals surface area (Å²) in [4.78, 5) is 8.35. The fourth-order valence-electron chi connectivity index (χ4n) is 1.93. The Morgan fingerprint density at radius 2 is 2.19 bits per heavy atom.